The summed E-state index contributed by atoms with van der Waals surface area (Å²) in [5.41, 5.74) is 9.12. The molecule has 0 atom stereocenters. The van der Waals surface area contributed by atoms with E-state index in [9.17, 15) is 10.2 Å². The Labute approximate surface area is 260 Å². The Morgan fingerprint density at radius 1 is 0.432 bits per heavy atom. The first-order valence-corrected chi connectivity index (χ1v) is 15.5. The molecule has 0 heterocycles. The van der Waals surface area contributed by atoms with Crippen LogP contribution >= 0.6 is 0 Å². The lowest BCUT2D eigenvalue weighted by molar-refractivity contribution is 0.445. The molecule has 0 bridgehead atoms. The van der Waals surface area contributed by atoms with E-state index in [1.165, 1.54) is 0 Å². The van der Waals surface area contributed by atoms with Gasteiger partial charge in [-0.2, -0.15) is 0 Å². The summed E-state index contributed by atoms with van der Waals surface area (Å²) in [6.45, 7) is 4.49. The van der Waals surface area contributed by atoms with Gasteiger partial charge in [0.25, 0.3) is 0 Å². The lowest BCUT2D eigenvalue weighted by Gasteiger charge is -2.36. The summed E-state index contributed by atoms with van der Waals surface area (Å²) < 4.78 is 0. The Hall–Kier alpha value is -5.08. The van der Waals surface area contributed by atoms with Crippen LogP contribution in [0.4, 0.5) is 0 Å². The van der Waals surface area contributed by atoms with E-state index in [2.05, 4.69) is 86.6 Å². The lowest BCUT2D eigenvalue weighted by atomic mass is 9.67. The quantitative estimate of drug-likeness (QED) is 0.180. The zero-order valence-corrected chi connectivity index (χ0v) is 25.4. The van der Waals surface area contributed by atoms with Crippen LogP contribution in [-0.4, -0.2) is 10.2 Å². The predicted octanol–water partition coefficient (Wildman–Crippen LogP) is 11.3. The number of rotatable bonds is 9. The molecular weight excluding hydrogens is 536 g/mol. The maximum Gasteiger partial charge on any atom is 0.131 e. The second-order valence-electron chi connectivity index (χ2n) is 11.5. The fraction of sp³-hybridized carbons (Fsp3) is 0.143. The van der Waals surface area contributed by atoms with Crippen LogP contribution in [0.3, 0.4) is 0 Å². The summed E-state index contributed by atoms with van der Waals surface area (Å²) >= 11 is 0. The smallest absolute Gasteiger partial charge is 0.131 e. The Morgan fingerprint density at radius 3 is 0.932 bits per heavy atom. The minimum atomic E-state index is -0.379. The second kappa shape index (κ2) is 12.7. The van der Waals surface area contributed by atoms with E-state index in [-0.39, 0.29) is 16.9 Å². The summed E-state index contributed by atoms with van der Waals surface area (Å²) in [7, 11) is 0. The average molecular weight is 575 g/mol. The minimum Gasteiger partial charge on any atom is -0.507 e. The third-order valence-corrected chi connectivity index (χ3v) is 8.94. The van der Waals surface area contributed by atoms with E-state index in [0.717, 1.165) is 74.9 Å². The molecule has 0 saturated carbocycles. The van der Waals surface area contributed by atoms with Gasteiger partial charge in [0.05, 0.1) is 0 Å². The SMILES string of the molecule is CCCC(CC)(c1cc(-c2ccccc2)c(O)c(-c2ccccc2)c1)c1cc(-c2ccccc2)c(O)c(-c2ccccc2)c1. The van der Waals surface area contributed by atoms with Gasteiger partial charge in [0.15, 0.2) is 0 Å². The molecule has 44 heavy (non-hydrogen) atoms. The minimum absolute atomic E-state index is 0.285. The molecule has 0 saturated heterocycles. The van der Waals surface area contributed by atoms with Crippen LogP contribution in [0.5, 0.6) is 11.5 Å². The van der Waals surface area contributed by atoms with Crippen LogP contribution < -0.4 is 0 Å². The van der Waals surface area contributed by atoms with Crippen LogP contribution in [0.25, 0.3) is 44.5 Å². The van der Waals surface area contributed by atoms with Crippen molar-refractivity contribution in [1.82, 2.24) is 0 Å². The standard InChI is InChI=1S/C42H38O2/c1-3-25-42(4-2,34-26-36(30-17-9-5-10-18-30)40(43)37(27-34)31-19-11-6-12-20-31)35-28-38(32-21-13-7-14-22-32)41(44)39(29-35)33-23-15-8-16-24-33/h5-24,26-29,43-44H,3-4,25H2,1-2H3. The fourth-order valence-corrected chi connectivity index (χ4v) is 6.64. The van der Waals surface area contributed by atoms with Gasteiger partial charge in [-0.1, -0.05) is 142 Å². The molecule has 2 heteroatoms. The molecular formula is C42H38O2. The van der Waals surface area contributed by atoms with Crippen LogP contribution in [0, 0.1) is 0 Å². The first kappa shape index (κ1) is 29.0. The van der Waals surface area contributed by atoms with Gasteiger partial charge in [-0.3, -0.25) is 0 Å². The molecule has 6 aromatic rings. The Morgan fingerprint density at radius 2 is 0.705 bits per heavy atom. The van der Waals surface area contributed by atoms with Crippen LogP contribution in [0.1, 0.15) is 44.2 Å². The molecule has 0 aliphatic rings. The molecule has 0 radical (unpaired) electrons. The summed E-state index contributed by atoms with van der Waals surface area (Å²) in [4.78, 5) is 0. The molecule has 0 aliphatic heterocycles. The molecule has 6 rings (SSSR count). The Balaban J connectivity index is 1.68. The van der Waals surface area contributed by atoms with E-state index >= 15 is 0 Å². The number of aromatic hydroxyl groups is 2. The molecule has 6 aromatic carbocycles. The Kier molecular flexibility index (Phi) is 8.34. The van der Waals surface area contributed by atoms with Gasteiger partial charge in [0.1, 0.15) is 11.5 Å². The van der Waals surface area contributed by atoms with Crippen molar-refractivity contribution in [3.63, 3.8) is 0 Å². The van der Waals surface area contributed by atoms with Gasteiger partial charge >= 0.3 is 0 Å². The third-order valence-electron chi connectivity index (χ3n) is 8.94. The number of hydrogen-bond acceptors (Lipinski definition) is 2. The van der Waals surface area contributed by atoms with Gasteiger partial charge in [-0.05, 0) is 70.5 Å². The van der Waals surface area contributed by atoms with Crippen LogP contribution in [-0.2, 0) is 5.41 Å². The second-order valence-corrected chi connectivity index (χ2v) is 11.5. The highest BCUT2D eigenvalue weighted by molar-refractivity contribution is 5.85. The zero-order chi connectivity index (χ0) is 30.5. The summed E-state index contributed by atoms with van der Waals surface area (Å²) in [6, 6.07) is 49.3. The Bertz CT molecular complexity index is 1590. The van der Waals surface area contributed by atoms with Gasteiger partial charge in [-0.15, -0.1) is 0 Å². The summed E-state index contributed by atoms with van der Waals surface area (Å²) in [5, 5.41) is 23.5. The summed E-state index contributed by atoms with van der Waals surface area (Å²) in [6.07, 6.45) is 2.73. The van der Waals surface area contributed by atoms with E-state index < -0.39 is 0 Å². The number of hydrogen-bond donors (Lipinski definition) is 2. The number of benzene rings is 6. The van der Waals surface area contributed by atoms with Crippen molar-refractivity contribution in [1.29, 1.82) is 0 Å². The highest BCUT2D eigenvalue weighted by Gasteiger charge is 2.35. The average Bonchev–Trinajstić information content (AvgIpc) is 3.09. The number of phenols is 2. The molecule has 0 amide bonds. The van der Waals surface area contributed by atoms with Gasteiger partial charge in [-0.25, -0.2) is 0 Å². The topological polar surface area (TPSA) is 40.5 Å². The molecule has 0 unspecified atom stereocenters. The molecule has 2 N–H and O–H groups in total. The monoisotopic (exact) mass is 574 g/mol. The lowest BCUT2D eigenvalue weighted by Crippen LogP contribution is -2.27. The molecule has 0 aromatic heterocycles. The molecule has 218 valence electrons. The molecule has 2 nitrogen and oxygen atoms in total. The van der Waals surface area contributed by atoms with Crippen LogP contribution in [0.15, 0.2) is 146 Å². The van der Waals surface area contributed by atoms with Crippen molar-refractivity contribution < 1.29 is 10.2 Å². The zero-order valence-electron chi connectivity index (χ0n) is 25.4. The van der Waals surface area contributed by atoms with Gasteiger partial charge in [0.2, 0.25) is 0 Å². The van der Waals surface area contributed by atoms with Crippen molar-refractivity contribution in [2.45, 2.75) is 38.5 Å². The van der Waals surface area contributed by atoms with Gasteiger partial charge in [0, 0.05) is 27.7 Å². The maximum absolute atomic E-state index is 11.7. The van der Waals surface area contributed by atoms with Crippen molar-refractivity contribution in [2.24, 2.45) is 0 Å². The highest BCUT2D eigenvalue weighted by atomic mass is 16.3. The van der Waals surface area contributed by atoms with Crippen molar-refractivity contribution >= 4 is 0 Å². The van der Waals surface area contributed by atoms with E-state index in [1.54, 1.807) is 0 Å². The van der Waals surface area contributed by atoms with Gasteiger partial charge < -0.3 is 10.2 Å². The van der Waals surface area contributed by atoms with E-state index in [4.69, 9.17) is 0 Å². The molecule has 0 aliphatic carbocycles. The van der Waals surface area contributed by atoms with Crippen molar-refractivity contribution in [2.75, 3.05) is 0 Å². The van der Waals surface area contributed by atoms with Crippen molar-refractivity contribution in [3.8, 4) is 56.0 Å². The molecule has 0 spiro atoms. The van der Waals surface area contributed by atoms with E-state index in [0.29, 0.717) is 0 Å². The van der Waals surface area contributed by atoms with Crippen molar-refractivity contribution in [3.05, 3.63) is 157 Å². The summed E-state index contributed by atoms with van der Waals surface area (Å²) in [5.74, 6) is 0.571. The fourth-order valence-electron chi connectivity index (χ4n) is 6.64. The number of phenolic OH excluding ortho intramolecular Hbond substituents is 2. The third kappa shape index (κ3) is 5.40. The normalized spacial score (nSPS) is 11.4. The molecule has 0 fully saturated rings. The van der Waals surface area contributed by atoms with E-state index in [1.807, 2.05) is 72.8 Å². The highest BCUT2D eigenvalue weighted by Crippen LogP contribution is 2.50. The first-order valence-electron chi connectivity index (χ1n) is 15.5. The maximum atomic E-state index is 11.7. The van der Waals surface area contributed by atoms with Crippen LogP contribution in [0.2, 0.25) is 0 Å². The first-order chi connectivity index (χ1) is 21.6. The largest absolute Gasteiger partial charge is 0.507 e. The predicted molar refractivity (Wildman–Crippen MR) is 184 cm³/mol.